The zero-order chi connectivity index (χ0) is 14.4. The van der Waals surface area contributed by atoms with Gasteiger partial charge in [-0.1, -0.05) is 6.92 Å². The van der Waals surface area contributed by atoms with Crippen LogP contribution in [0, 0.1) is 5.92 Å². The molecule has 5 nitrogen and oxygen atoms in total. The average Bonchev–Trinajstić information content (AvgIpc) is 2.95. The molecule has 2 heterocycles. The van der Waals surface area contributed by atoms with Crippen LogP contribution in [0.15, 0.2) is 16.7 Å². The first-order valence-corrected chi connectivity index (χ1v) is 7.51. The number of rotatable bonds is 6. The number of likely N-dealkylation sites (tertiary alicyclic amines) is 1. The molecule has 0 unspecified atom stereocenters. The van der Waals surface area contributed by atoms with Gasteiger partial charge in [-0.05, 0) is 50.9 Å². The third kappa shape index (κ3) is 4.08. The quantitative estimate of drug-likeness (QED) is 0.829. The van der Waals surface area contributed by atoms with Crippen LogP contribution in [0.5, 0.6) is 0 Å². The molecule has 3 N–H and O–H groups in total. The van der Waals surface area contributed by atoms with Crippen molar-refractivity contribution in [2.45, 2.75) is 32.7 Å². The summed E-state index contributed by atoms with van der Waals surface area (Å²) in [6.45, 7) is 6.78. The summed E-state index contributed by atoms with van der Waals surface area (Å²) < 4.78 is 5.18. The maximum Gasteiger partial charge on any atom is 0.254 e. The predicted molar refractivity (Wildman–Crippen MR) is 78.4 cm³/mol. The van der Waals surface area contributed by atoms with Crippen LogP contribution < -0.4 is 11.1 Å². The molecule has 1 fully saturated rings. The molecule has 20 heavy (non-hydrogen) atoms. The molecular weight excluding hydrogens is 254 g/mol. The van der Waals surface area contributed by atoms with Crippen molar-refractivity contribution in [1.82, 2.24) is 10.2 Å². The number of nitrogens with two attached hydrogens (primary N) is 1. The zero-order valence-corrected chi connectivity index (χ0v) is 12.2. The minimum atomic E-state index is -0.0653. The molecule has 1 saturated heterocycles. The van der Waals surface area contributed by atoms with Crippen LogP contribution in [0.2, 0.25) is 0 Å². The highest BCUT2D eigenvalue weighted by atomic mass is 16.3. The third-order valence-electron chi connectivity index (χ3n) is 3.92. The minimum Gasteiger partial charge on any atom is -0.467 e. The summed E-state index contributed by atoms with van der Waals surface area (Å²) in [4.78, 5) is 14.5. The molecule has 1 aromatic rings. The Kier molecular flexibility index (Phi) is 5.61. The number of piperidine rings is 1. The third-order valence-corrected chi connectivity index (χ3v) is 3.92. The minimum absolute atomic E-state index is 0.0653. The first-order chi connectivity index (χ1) is 9.72. The summed E-state index contributed by atoms with van der Waals surface area (Å²) in [6, 6.07) is 1.71. The molecule has 0 atom stereocenters. The van der Waals surface area contributed by atoms with E-state index in [4.69, 9.17) is 10.2 Å². The molecule has 1 aliphatic rings. The zero-order valence-electron chi connectivity index (χ0n) is 12.2. The lowest BCUT2D eigenvalue weighted by Gasteiger charge is -2.31. The second kappa shape index (κ2) is 7.45. The topological polar surface area (TPSA) is 71.5 Å². The van der Waals surface area contributed by atoms with Crippen molar-refractivity contribution in [3.8, 4) is 0 Å². The predicted octanol–water partition coefficient (Wildman–Crippen LogP) is 1.59. The van der Waals surface area contributed by atoms with E-state index in [1.165, 1.54) is 32.1 Å². The Balaban J connectivity index is 1.71. The number of carbonyl (C=O) groups excluding carboxylic acids is 1. The summed E-state index contributed by atoms with van der Waals surface area (Å²) >= 11 is 0. The van der Waals surface area contributed by atoms with Gasteiger partial charge in [0.15, 0.2) is 0 Å². The van der Waals surface area contributed by atoms with E-state index in [1.807, 2.05) is 0 Å². The molecule has 0 aliphatic carbocycles. The van der Waals surface area contributed by atoms with Gasteiger partial charge in [-0.25, -0.2) is 0 Å². The second-order valence-electron chi connectivity index (χ2n) is 5.50. The van der Waals surface area contributed by atoms with Gasteiger partial charge in [0.1, 0.15) is 12.0 Å². The standard InChI is InChI=1S/C15H25N3O2/c1-2-5-18-6-3-12(4-7-18)10-17-15(19)13-8-14(9-16)20-11-13/h8,11-12H,2-7,9-10,16H2,1H3,(H,17,19). The Morgan fingerprint density at radius 1 is 1.50 bits per heavy atom. The summed E-state index contributed by atoms with van der Waals surface area (Å²) in [6.07, 6.45) is 5.02. The molecule has 0 saturated carbocycles. The van der Waals surface area contributed by atoms with E-state index in [1.54, 1.807) is 6.07 Å². The maximum absolute atomic E-state index is 12.0. The Bertz CT molecular complexity index is 423. The normalized spacial score (nSPS) is 17.3. The van der Waals surface area contributed by atoms with E-state index in [0.717, 1.165) is 19.6 Å². The van der Waals surface area contributed by atoms with Crippen LogP contribution in [0.1, 0.15) is 42.3 Å². The number of furan rings is 1. The van der Waals surface area contributed by atoms with Gasteiger partial charge in [-0.15, -0.1) is 0 Å². The summed E-state index contributed by atoms with van der Waals surface area (Å²) in [5, 5.41) is 2.99. The Hall–Kier alpha value is -1.33. The van der Waals surface area contributed by atoms with Crippen LogP contribution in [-0.2, 0) is 6.54 Å². The summed E-state index contributed by atoms with van der Waals surface area (Å²) in [5.74, 6) is 1.17. The fourth-order valence-electron chi connectivity index (χ4n) is 2.68. The molecular formula is C15H25N3O2. The van der Waals surface area contributed by atoms with Gasteiger partial charge in [0.05, 0.1) is 12.1 Å². The maximum atomic E-state index is 12.0. The van der Waals surface area contributed by atoms with E-state index >= 15 is 0 Å². The Labute approximate surface area is 120 Å². The second-order valence-corrected chi connectivity index (χ2v) is 5.50. The number of carbonyl (C=O) groups is 1. The average molecular weight is 279 g/mol. The van der Waals surface area contributed by atoms with Gasteiger partial charge in [0.25, 0.3) is 5.91 Å². The van der Waals surface area contributed by atoms with Gasteiger partial charge in [-0.2, -0.15) is 0 Å². The first kappa shape index (κ1) is 15.1. The number of hydrogen-bond donors (Lipinski definition) is 2. The van der Waals surface area contributed by atoms with Crippen molar-refractivity contribution in [3.05, 3.63) is 23.7 Å². The van der Waals surface area contributed by atoms with E-state index in [9.17, 15) is 4.79 Å². The summed E-state index contributed by atoms with van der Waals surface area (Å²) in [5.41, 5.74) is 6.03. The lowest BCUT2D eigenvalue weighted by molar-refractivity contribution is 0.0935. The fraction of sp³-hybridized carbons (Fsp3) is 0.667. The van der Waals surface area contributed by atoms with Gasteiger partial charge >= 0.3 is 0 Å². The molecule has 1 aliphatic heterocycles. The van der Waals surface area contributed by atoms with Crippen molar-refractivity contribution >= 4 is 5.91 Å². The van der Waals surface area contributed by atoms with E-state index in [2.05, 4.69) is 17.1 Å². The van der Waals surface area contributed by atoms with Crippen molar-refractivity contribution in [2.24, 2.45) is 11.7 Å². The van der Waals surface area contributed by atoms with Crippen molar-refractivity contribution in [2.75, 3.05) is 26.2 Å². The highest BCUT2D eigenvalue weighted by Crippen LogP contribution is 2.16. The molecule has 0 aromatic carbocycles. The van der Waals surface area contributed by atoms with Crippen molar-refractivity contribution in [1.29, 1.82) is 0 Å². The van der Waals surface area contributed by atoms with Gasteiger partial charge < -0.3 is 20.4 Å². The molecule has 0 bridgehead atoms. The summed E-state index contributed by atoms with van der Waals surface area (Å²) in [7, 11) is 0. The Morgan fingerprint density at radius 2 is 2.25 bits per heavy atom. The first-order valence-electron chi connectivity index (χ1n) is 7.51. The van der Waals surface area contributed by atoms with Crippen LogP contribution in [-0.4, -0.2) is 37.0 Å². The van der Waals surface area contributed by atoms with Gasteiger partial charge in [0.2, 0.25) is 0 Å². The van der Waals surface area contributed by atoms with Gasteiger partial charge in [0, 0.05) is 6.54 Å². The monoisotopic (exact) mass is 279 g/mol. The molecule has 0 radical (unpaired) electrons. The van der Waals surface area contributed by atoms with Crippen molar-refractivity contribution < 1.29 is 9.21 Å². The van der Waals surface area contributed by atoms with E-state index < -0.39 is 0 Å². The molecule has 2 rings (SSSR count). The van der Waals surface area contributed by atoms with Gasteiger partial charge in [-0.3, -0.25) is 4.79 Å². The van der Waals surface area contributed by atoms with Crippen LogP contribution in [0.25, 0.3) is 0 Å². The Morgan fingerprint density at radius 3 is 2.85 bits per heavy atom. The molecule has 5 heteroatoms. The van der Waals surface area contributed by atoms with Crippen LogP contribution >= 0.6 is 0 Å². The SMILES string of the molecule is CCCN1CCC(CNC(=O)c2coc(CN)c2)CC1. The highest BCUT2D eigenvalue weighted by Gasteiger charge is 2.19. The molecule has 112 valence electrons. The lowest BCUT2D eigenvalue weighted by atomic mass is 9.96. The van der Waals surface area contributed by atoms with E-state index in [0.29, 0.717) is 23.8 Å². The number of nitrogens with zero attached hydrogens (tertiary/aromatic N) is 1. The van der Waals surface area contributed by atoms with Crippen molar-refractivity contribution in [3.63, 3.8) is 0 Å². The fourth-order valence-corrected chi connectivity index (χ4v) is 2.68. The van der Waals surface area contributed by atoms with E-state index in [-0.39, 0.29) is 5.91 Å². The van der Waals surface area contributed by atoms with Crippen LogP contribution in [0.3, 0.4) is 0 Å². The van der Waals surface area contributed by atoms with Crippen LogP contribution in [0.4, 0.5) is 0 Å². The number of hydrogen-bond acceptors (Lipinski definition) is 4. The smallest absolute Gasteiger partial charge is 0.254 e. The number of nitrogens with one attached hydrogen (secondary N) is 1. The molecule has 1 aromatic heterocycles. The number of amides is 1. The largest absolute Gasteiger partial charge is 0.467 e. The highest BCUT2D eigenvalue weighted by molar-refractivity contribution is 5.93. The lowest BCUT2D eigenvalue weighted by Crippen LogP contribution is -2.38. The molecule has 1 amide bonds. The molecule has 0 spiro atoms.